The Balaban J connectivity index is 1.75. The van der Waals surface area contributed by atoms with E-state index in [1.807, 2.05) is 32.0 Å². The van der Waals surface area contributed by atoms with Crippen molar-refractivity contribution in [2.24, 2.45) is 0 Å². The highest BCUT2D eigenvalue weighted by Crippen LogP contribution is 2.16. The molecule has 0 saturated heterocycles. The molecule has 2 aromatic carbocycles. The average Bonchev–Trinajstić information content (AvgIpc) is 2.60. The molecule has 0 fully saturated rings. The quantitative estimate of drug-likeness (QED) is 0.797. The Kier molecular flexibility index (Phi) is 4.65. The van der Waals surface area contributed by atoms with Crippen LogP contribution in [-0.2, 0) is 11.3 Å². The standard InChI is InChI=1S/C20H21N3O2/c1-13-8-9-16(10-14(13)2)15(3)22-19(24)11-23-12-21-18-7-5-4-6-17(18)20(23)25/h4-10,12,15H,11H2,1-3H3,(H,22,24)/t15-/m0/s1. The van der Waals surface area contributed by atoms with E-state index in [0.717, 1.165) is 5.56 Å². The molecule has 0 unspecified atom stereocenters. The van der Waals surface area contributed by atoms with Crippen molar-refractivity contribution in [1.29, 1.82) is 0 Å². The summed E-state index contributed by atoms with van der Waals surface area (Å²) in [5.41, 5.74) is 3.87. The molecule has 1 N–H and O–H groups in total. The number of aryl methyl sites for hydroxylation is 2. The van der Waals surface area contributed by atoms with Crippen molar-refractivity contribution in [1.82, 2.24) is 14.9 Å². The first-order valence-electron chi connectivity index (χ1n) is 8.26. The molecule has 0 bridgehead atoms. The molecular formula is C20H21N3O2. The Labute approximate surface area is 146 Å². The van der Waals surface area contributed by atoms with E-state index in [1.54, 1.807) is 18.2 Å². The van der Waals surface area contributed by atoms with Crippen molar-refractivity contribution in [3.05, 3.63) is 75.8 Å². The van der Waals surface area contributed by atoms with Gasteiger partial charge in [0.05, 0.1) is 23.3 Å². The summed E-state index contributed by atoms with van der Waals surface area (Å²) in [4.78, 5) is 29.0. The normalized spacial score (nSPS) is 12.1. The van der Waals surface area contributed by atoms with Gasteiger partial charge in [0.1, 0.15) is 6.54 Å². The summed E-state index contributed by atoms with van der Waals surface area (Å²) in [5, 5.41) is 3.45. The van der Waals surface area contributed by atoms with Gasteiger partial charge in [-0.2, -0.15) is 0 Å². The lowest BCUT2D eigenvalue weighted by Crippen LogP contribution is -2.34. The Bertz CT molecular complexity index is 992. The van der Waals surface area contributed by atoms with E-state index < -0.39 is 0 Å². The molecule has 3 rings (SSSR count). The Morgan fingerprint density at radius 1 is 1.16 bits per heavy atom. The van der Waals surface area contributed by atoms with E-state index in [4.69, 9.17) is 0 Å². The Hall–Kier alpha value is -2.95. The highest BCUT2D eigenvalue weighted by molar-refractivity contribution is 5.79. The molecular weight excluding hydrogens is 314 g/mol. The van der Waals surface area contributed by atoms with Crippen LogP contribution in [0.25, 0.3) is 10.9 Å². The number of nitrogens with one attached hydrogen (secondary N) is 1. The molecule has 5 heteroatoms. The third-order valence-corrected chi connectivity index (χ3v) is 4.45. The Morgan fingerprint density at radius 2 is 1.92 bits per heavy atom. The molecule has 5 nitrogen and oxygen atoms in total. The van der Waals surface area contributed by atoms with E-state index in [0.29, 0.717) is 10.9 Å². The second kappa shape index (κ2) is 6.89. The van der Waals surface area contributed by atoms with Crippen LogP contribution in [0.3, 0.4) is 0 Å². The number of benzene rings is 2. The molecule has 0 aliphatic heterocycles. The van der Waals surface area contributed by atoms with Gasteiger partial charge in [-0.15, -0.1) is 0 Å². The van der Waals surface area contributed by atoms with Crippen LogP contribution in [-0.4, -0.2) is 15.5 Å². The van der Waals surface area contributed by atoms with Crippen LogP contribution in [0.2, 0.25) is 0 Å². The van der Waals surface area contributed by atoms with Crippen LogP contribution in [0, 0.1) is 13.8 Å². The molecule has 0 radical (unpaired) electrons. The van der Waals surface area contributed by atoms with E-state index >= 15 is 0 Å². The van der Waals surface area contributed by atoms with Crippen LogP contribution in [0.15, 0.2) is 53.6 Å². The van der Waals surface area contributed by atoms with E-state index in [1.165, 1.54) is 22.0 Å². The van der Waals surface area contributed by atoms with Gasteiger partial charge >= 0.3 is 0 Å². The molecule has 25 heavy (non-hydrogen) atoms. The first kappa shape index (κ1) is 16.9. The lowest BCUT2D eigenvalue weighted by Gasteiger charge is -2.16. The first-order chi connectivity index (χ1) is 12.0. The lowest BCUT2D eigenvalue weighted by molar-refractivity contribution is -0.122. The number of carbonyl (C=O) groups is 1. The van der Waals surface area contributed by atoms with Gasteiger partial charge in [0.25, 0.3) is 5.56 Å². The maximum Gasteiger partial charge on any atom is 0.261 e. The van der Waals surface area contributed by atoms with Crippen molar-refractivity contribution in [2.75, 3.05) is 0 Å². The fourth-order valence-electron chi connectivity index (χ4n) is 2.78. The largest absolute Gasteiger partial charge is 0.348 e. The van der Waals surface area contributed by atoms with Gasteiger partial charge in [0, 0.05) is 0 Å². The molecule has 1 amide bonds. The number of nitrogens with zero attached hydrogens (tertiary/aromatic N) is 2. The second-order valence-electron chi connectivity index (χ2n) is 6.33. The highest BCUT2D eigenvalue weighted by Gasteiger charge is 2.12. The molecule has 0 saturated carbocycles. The zero-order valence-electron chi connectivity index (χ0n) is 14.6. The van der Waals surface area contributed by atoms with Crippen LogP contribution in [0.4, 0.5) is 0 Å². The fourth-order valence-corrected chi connectivity index (χ4v) is 2.78. The molecule has 1 atom stereocenters. The zero-order valence-corrected chi connectivity index (χ0v) is 14.6. The van der Waals surface area contributed by atoms with E-state index in [2.05, 4.69) is 23.3 Å². The molecule has 3 aromatic rings. The monoisotopic (exact) mass is 335 g/mol. The third-order valence-electron chi connectivity index (χ3n) is 4.45. The number of aromatic nitrogens is 2. The van der Waals surface area contributed by atoms with Crippen molar-refractivity contribution < 1.29 is 4.79 Å². The average molecular weight is 335 g/mol. The van der Waals surface area contributed by atoms with Gasteiger partial charge in [-0.1, -0.05) is 30.3 Å². The maximum absolute atomic E-state index is 12.4. The van der Waals surface area contributed by atoms with E-state index in [9.17, 15) is 9.59 Å². The molecule has 0 spiro atoms. The molecule has 1 aromatic heterocycles. The number of hydrogen-bond acceptors (Lipinski definition) is 3. The molecule has 0 aliphatic carbocycles. The summed E-state index contributed by atoms with van der Waals surface area (Å²) >= 11 is 0. The summed E-state index contributed by atoms with van der Waals surface area (Å²) < 4.78 is 1.34. The number of hydrogen-bond donors (Lipinski definition) is 1. The van der Waals surface area contributed by atoms with Crippen LogP contribution in [0.1, 0.15) is 29.7 Å². The minimum atomic E-state index is -0.218. The number of fused-ring (bicyclic) bond motifs is 1. The summed E-state index contributed by atoms with van der Waals surface area (Å²) in [5.74, 6) is -0.218. The second-order valence-corrected chi connectivity index (χ2v) is 6.33. The maximum atomic E-state index is 12.4. The number of carbonyl (C=O) groups excluding carboxylic acids is 1. The SMILES string of the molecule is Cc1ccc([C@H](C)NC(=O)Cn2cnc3ccccc3c2=O)cc1C. The molecule has 1 heterocycles. The van der Waals surface area contributed by atoms with E-state index in [-0.39, 0.29) is 24.1 Å². The van der Waals surface area contributed by atoms with Crippen molar-refractivity contribution in [3.8, 4) is 0 Å². The van der Waals surface area contributed by atoms with Crippen molar-refractivity contribution in [3.63, 3.8) is 0 Å². The highest BCUT2D eigenvalue weighted by atomic mass is 16.2. The lowest BCUT2D eigenvalue weighted by atomic mass is 10.0. The Morgan fingerprint density at radius 3 is 2.68 bits per heavy atom. The smallest absolute Gasteiger partial charge is 0.261 e. The number of rotatable bonds is 4. The van der Waals surface area contributed by atoms with Crippen LogP contribution in [0.5, 0.6) is 0 Å². The van der Waals surface area contributed by atoms with Gasteiger partial charge < -0.3 is 5.32 Å². The molecule has 128 valence electrons. The van der Waals surface area contributed by atoms with Gasteiger partial charge in [-0.3, -0.25) is 14.2 Å². The molecule has 0 aliphatic rings. The van der Waals surface area contributed by atoms with Gasteiger partial charge in [0.15, 0.2) is 0 Å². The van der Waals surface area contributed by atoms with Gasteiger partial charge in [-0.25, -0.2) is 4.98 Å². The van der Waals surface area contributed by atoms with Crippen LogP contribution >= 0.6 is 0 Å². The number of para-hydroxylation sites is 1. The summed E-state index contributed by atoms with van der Waals surface area (Å²) in [6.07, 6.45) is 1.42. The van der Waals surface area contributed by atoms with Crippen molar-refractivity contribution in [2.45, 2.75) is 33.4 Å². The minimum absolute atomic E-state index is 0.0498. The summed E-state index contributed by atoms with van der Waals surface area (Å²) in [6.45, 7) is 5.99. The summed E-state index contributed by atoms with van der Waals surface area (Å²) in [7, 11) is 0. The first-order valence-corrected chi connectivity index (χ1v) is 8.26. The predicted octanol–water partition coefficient (Wildman–Crippen LogP) is 2.89. The third kappa shape index (κ3) is 3.60. The van der Waals surface area contributed by atoms with Crippen LogP contribution < -0.4 is 10.9 Å². The summed E-state index contributed by atoms with van der Waals surface area (Å²) in [6, 6.07) is 13.1. The number of amides is 1. The minimum Gasteiger partial charge on any atom is -0.348 e. The predicted molar refractivity (Wildman–Crippen MR) is 98.5 cm³/mol. The van der Waals surface area contributed by atoms with Gasteiger partial charge in [0.2, 0.25) is 5.91 Å². The van der Waals surface area contributed by atoms with Gasteiger partial charge in [-0.05, 0) is 49.6 Å². The topological polar surface area (TPSA) is 64.0 Å². The van der Waals surface area contributed by atoms with Crippen molar-refractivity contribution >= 4 is 16.8 Å². The fraction of sp³-hybridized carbons (Fsp3) is 0.250. The zero-order chi connectivity index (χ0) is 18.0.